The zero-order valence-corrected chi connectivity index (χ0v) is 12.3. The summed E-state index contributed by atoms with van der Waals surface area (Å²) >= 11 is 0. The number of hydrogen-bond acceptors (Lipinski definition) is 4. The molecule has 0 bridgehead atoms. The minimum Gasteiger partial charge on any atom is -0.497 e. The summed E-state index contributed by atoms with van der Waals surface area (Å²) in [5.74, 6) is 0.596. The zero-order valence-electron chi connectivity index (χ0n) is 12.3. The van der Waals surface area contributed by atoms with Gasteiger partial charge in [-0.3, -0.25) is 4.79 Å². The third kappa shape index (κ3) is 4.24. The van der Waals surface area contributed by atoms with Crippen molar-refractivity contribution in [2.24, 2.45) is 0 Å². The molecule has 0 aliphatic heterocycles. The zero-order chi connectivity index (χ0) is 15.1. The third-order valence-electron chi connectivity index (χ3n) is 3.25. The van der Waals surface area contributed by atoms with Crippen LogP contribution in [0.1, 0.15) is 11.1 Å². The van der Waals surface area contributed by atoms with Crippen molar-refractivity contribution in [1.82, 2.24) is 0 Å². The van der Waals surface area contributed by atoms with Gasteiger partial charge < -0.3 is 14.8 Å². The van der Waals surface area contributed by atoms with Crippen molar-refractivity contribution in [2.45, 2.75) is 13.0 Å². The molecule has 0 heterocycles. The smallest absolute Gasteiger partial charge is 0.309 e. The molecule has 0 unspecified atom stereocenters. The van der Waals surface area contributed by atoms with Crippen molar-refractivity contribution >= 4 is 11.7 Å². The minimum atomic E-state index is -0.230. The molecule has 4 heteroatoms. The Morgan fingerprint density at radius 3 is 2.29 bits per heavy atom. The van der Waals surface area contributed by atoms with E-state index in [-0.39, 0.29) is 12.4 Å². The van der Waals surface area contributed by atoms with Crippen LogP contribution in [0.4, 0.5) is 5.69 Å². The maximum Gasteiger partial charge on any atom is 0.309 e. The summed E-state index contributed by atoms with van der Waals surface area (Å²) in [7, 11) is 3.05. The average molecular weight is 285 g/mol. The lowest BCUT2D eigenvalue weighted by Gasteiger charge is -2.11. The topological polar surface area (TPSA) is 47.6 Å². The summed E-state index contributed by atoms with van der Waals surface area (Å²) in [5, 5.41) is 3.34. The molecule has 0 saturated heterocycles. The number of rotatable bonds is 6. The molecule has 0 aliphatic rings. The van der Waals surface area contributed by atoms with Crippen LogP contribution in [0.25, 0.3) is 0 Å². The third-order valence-corrected chi connectivity index (χ3v) is 3.25. The fraction of sp³-hybridized carbons (Fsp3) is 0.235. The van der Waals surface area contributed by atoms with E-state index in [4.69, 9.17) is 9.47 Å². The van der Waals surface area contributed by atoms with Gasteiger partial charge in [0.25, 0.3) is 0 Å². The van der Waals surface area contributed by atoms with Crippen LogP contribution < -0.4 is 10.1 Å². The molecule has 0 spiro atoms. The van der Waals surface area contributed by atoms with E-state index in [2.05, 4.69) is 5.32 Å². The van der Waals surface area contributed by atoms with Crippen molar-refractivity contribution in [3.63, 3.8) is 0 Å². The molecule has 0 aliphatic carbocycles. The Hall–Kier alpha value is -2.49. The summed E-state index contributed by atoms with van der Waals surface area (Å²) in [6.45, 7) is 0.652. The highest BCUT2D eigenvalue weighted by Crippen LogP contribution is 2.17. The van der Waals surface area contributed by atoms with Gasteiger partial charge in [-0.05, 0) is 35.4 Å². The molecule has 110 valence electrons. The molecule has 2 aromatic carbocycles. The monoisotopic (exact) mass is 285 g/mol. The molecule has 0 saturated carbocycles. The summed E-state index contributed by atoms with van der Waals surface area (Å²) in [5.41, 5.74) is 3.06. The molecule has 0 aromatic heterocycles. The Labute approximate surface area is 124 Å². The first-order valence-corrected chi connectivity index (χ1v) is 6.74. The SMILES string of the molecule is COC(=O)Cc1ccccc1CNc1ccc(OC)cc1. The molecule has 0 fully saturated rings. The summed E-state index contributed by atoms with van der Waals surface area (Å²) in [4.78, 5) is 11.4. The van der Waals surface area contributed by atoms with Crippen LogP contribution in [0.5, 0.6) is 5.75 Å². The number of carbonyl (C=O) groups excluding carboxylic acids is 1. The van der Waals surface area contributed by atoms with Crippen molar-refractivity contribution in [3.05, 3.63) is 59.7 Å². The van der Waals surface area contributed by atoms with Crippen LogP contribution >= 0.6 is 0 Å². The van der Waals surface area contributed by atoms with Gasteiger partial charge in [-0.1, -0.05) is 24.3 Å². The van der Waals surface area contributed by atoms with Gasteiger partial charge in [0, 0.05) is 12.2 Å². The number of esters is 1. The molecule has 1 N–H and O–H groups in total. The molecule has 0 radical (unpaired) electrons. The number of ether oxygens (including phenoxy) is 2. The van der Waals surface area contributed by atoms with Gasteiger partial charge in [0.1, 0.15) is 5.75 Å². The van der Waals surface area contributed by atoms with Crippen LogP contribution in [0.3, 0.4) is 0 Å². The fourth-order valence-electron chi connectivity index (χ4n) is 2.04. The Bertz CT molecular complexity index is 593. The van der Waals surface area contributed by atoms with Crippen molar-refractivity contribution in [2.75, 3.05) is 19.5 Å². The maximum absolute atomic E-state index is 11.4. The molecular weight excluding hydrogens is 266 g/mol. The first kappa shape index (κ1) is 14.9. The molecular formula is C17H19NO3. The summed E-state index contributed by atoms with van der Waals surface area (Å²) in [6.07, 6.45) is 0.289. The van der Waals surface area contributed by atoms with E-state index < -0.39 is 0 Å². The van der Waals surface area contributed by atoms with Crippen molar-refractivity contribution in [1.29, 1.82) is 0 Å². The number of anilines is 1. The first-order chi connectivity index (χ1) is 10.2. The van der Waals surface area contributed by atoms with Gasteiger partial charge in [0.05, 0.1) is 20.6 Å². The van der Waals surface area contributed by atoms with E-state index in [1.807, 2.05) is 48.5 Å². The highest BCUT2D eigenvalue weighted by molar-refractivity contribution is 5.72. The molecule has 4 nitrogen and oxygen atoms in total. The van der Waals surface area contributed by atoms with Gasteiger partial charge in [0.2, 0.25) is 0 Å². The van der Waals surface area contributed by atoms with Gasteiger partial charge in [0.15, 0.2) is 0 Å². The number of benzene rings is 2. The van der Waals surface area contributed by atoms with Crippen LogP contribution in [0, 0.1) is 0 Å². The first-order valence-electron chi connectivity index (χ1n) is 6.74. The standard InChI is InChI=1S/C17H19NO3/c1-20-16-9-7-15(8-10-16)18-12-14-6-4-3-5-13(14)11-17(19)21-2/h3-10,18H,11-12H2,1-2H3. The Morgan fingerprint density at radius 2 is 1.67 bits per heavy atom. The number of methoxy groups -OCH3 is 2. The summed E-state index contributed by atoms with van der Waals surface area (Å²) in [6, 6.07) is 15.6. The highest BCUT2D eigenvalue weighted by atomic mass is 16.5. The Kier molecular flexibility index (Phi) is 5.21. The lowest BCUT2D eigenvalue weighted by atomic mass is 10.0. The van der Waals surface area contributed by atoms with Crippen LogP contribution in [-0.2, 0) is 22.5 Å². The van der Waals surface area contributed by atoms with Crippen LogP contribution in [0.15, 0.2) is 48.5 Å². The predicted octanol–water partition coefficient (Wildman–Crippen LogP) is 3.02. The van der Waals surface area contributed by atoms with Crippen molar-refractivity contribution in [3.8, 4) is 5.75 Å². The number of carbonyl (C=O) groups is 1. The maximum atomic E-state index is 11.4. The van der Waals surface area contributed by atoms with Crippen LogP contribution in [0.2, 0.25) is 0 Å². The number of hydrogen-bond donors (Lipinski definition) is 1. The lowest BCUT2D eigenvalue weighted by Crippen LogP contribution is -2.09. The van der Waals surface area contributed by atoms with E-state index in [1.165, 1.54) is 7.11 Å². The Morgan fingerprint density at radius 1 is 1.00 bits per heavy atom. The van der Waals surface area contributed by atoms with E-state index >= 15 is 0 Å². The van der Waals surface area contributed by atoms with Crippen molar-refractivity contribution < 1.29 is 14.3 Å². The van der Waals surface area contributed by atoms with Gasteiger partial charge >= 0.3 is 5.97 Å². The second kappa shape index (κ2) is 7.33. The van der Waals surface area contributed by atoms with Gasteiger partial charge in [-0.15, -0.1) is 0 Å². The molecule has 0 atom stereocenters. The largest absolute Gasteiger partial charge is 0.497 e. The number of nitrogens with one attached hydrogen (secondary N) is 1. The van der Waals surface area contributed by atoms with E-state index in [1.54, 1.807) is 7.11 Å². The minimum absolute atomic E-state index is 0.230. The lowest BCUT2D eigenvalue weighted by molar-refractivity contribution is -0.139. The predicted molar refractivity (Wildman–Crippen MR) is 82.5 cm³/mol. The molecule has 0 amide bonds. The van der Waals surface area contributed by atoms with E-state index in [0.29, 0.717) is 6.54 Å². The van der Waals surface area contributed by atoms with Gasteiger partial charge in [-0.25, -0.2) is 0 Å². The second-order valence-electron chi connectivity index (χ2n) is 4.60. The quantitative estimate of drug-likeness (QED) is 0.829. The van der Waals surface area contributed by atoms with Crippen LogP contribution in [-0.4, -0.2) is 20.2 Å². The molecule has 21 heavy (non-hydrogen) atoms. The molecule has 2 aromatic rings. The normalized spacial score (nSPS) is 10.0. The second-order valence-corrected chi connectivity index (χ2v) is 4.60. The Balaban J connectivity index is 2.03. The average Bonchev–Trinajstić information content (AvgIpc) is 2.54. The fourth-order valence-corrected chi connectivity index (χ4v) is 2.04. The van der Waals surface area contributed by atoms with E-state index in [9.17, 15) is 4.79 Å². The molecule has 2 rings (SSSR count). The summed E-state index contributed by atoms with van der Waals surface area (Å²) < 4.78 is 9.85. The van der Waals surface area contributed by atoms with E-state index in [0.717, 1.165) is 22.6 Å². The highest BCUT2D eigenvalue weighted by Gasteiger charge is 2.07. The van der Waals surface area contributed by atoms with Gasteiger partial charge in [-0.2, -0.15) is 0 Å².